The van der Waals surface area contributed by atoms with E-state index < -0.39 is 0 Å². The molecule has 1 aliphatic rings. The summed E-state index contributed by atoms with van der Waals surface area (Å²) in [5.41, 5.74) is 2.73. The molecular formula is C23H24N4O3. The molecule has 154 valence electrons. The van der Waals surface area contributed by atoms with Crippen LogP contribution in [0.1, 0.15) is 45.1 Å². The summed E-state index contributed by atoms with van der Waals surface area (Å²) in [6.45, 7) is 3.52. The highest BCUT2D eigenvalue weighted by molar-refractivity contribution is 5.98. The van der Waals surface area contributed by atoms with Gasteiger partial charge < -0.3 is 15.0 Å². The van der Waals surface area contributed by atoms with Gasteiger partial charge in [0.2, 0.25) is 0 Å². The molecule has 3 aromatic rings. The molecule has 1 aliphatic heterocycles. The van der Waals surface area contributed by atoms with Gasteiger partial charge in [0, 0.05) is 19.2 Å². The molecule has 0 unspecified atom stereocenters. The molecule has 0 radical (unpaired) electrons. The minimum absolute atomic E-state index is 0.125. The molecule has 0 spiro atoms. The van der Waals surface area contributed by atoms with Gasteiger partial charge in [0.05, 0.1) is 19.7 Å². The van der Waals surface area contributed by atoms with Crippen LogP contribution in [0.15, 0.2) is 60.7 Å². The van der Waals surface area contributed by atoms with Crippen LogP contribution in [0.3, 0.4) is 0 Å². The third-order valence-electron chi connectivity index (χ3n) is 5.28. The summed E-state index contributed by atoms with van der Waals surface area (Å²) >= 11 is 0. The second-order valence-corrected chi connectivity index (χ2v) is 7.32. The lowest BCUT2D eigenvalue weighted by molar-refractivity contribution is 0.0683. The number of nitrogens with zero attached hydrogens (tertiary/aromatic N) is 3. The number of benzene rings is 2. The third-order valence-corrected chi connectivity index (χ3v) is 5.28. The van der Waals surface area contributed by atoms with Crippen molar-refractivity contribution in [3.63, 3.8) is 0 Å². The number of amides is 2. The SMILES string of the molecule is COc1ccc(CN2CCn3nc(C(=O)N[C@@H](C)c4ccccc4)cc3C2=O)cc1. The number of rotatable bonds is 6. The van der Waals surface area contributed by atoms with Crippen LogP contribution in [0, 0.1) is 0 Å². The summed E-state index contributed by atoms with van der Waals surface area (Å²) < 4.78 is 6.80. The van der Waals surface area contributed by atoms with Crippen molar-refractivity contribution in [2.24, 2.45) is 0 Å². The number of methoxy groups -OCH3 is 1. The van der Waals surface area contributed by atoms with Crippen LogP contribution in [0.25, 0.3) is 0 Å². The highest BCUT2D eigenvalue weighted by Crippen LogP contribution is 2.19. The van der Waals surface area contributed by atoms with Crippen molar-refractivity contribution in [3.8, 4) is 5.75 Å². The maximum Gasteiger partial charge on any atom is 0.272 e. The lowest BCUT2D eigenvalue weighted by atomic mass is 10.1. The zero-order chi connectivity index (χ0) is 21.1. The van der Waals surface area contributed by atoms with Gasteiger partial charge in [0.1, 0.15) is 11.4 Å². The highest BCUT2D eigenvalue weighted by Gasteiger charge is 2.28. The van der Waals surface area contributed by atoms with E-state index in [1.807, 2.05) is 61.5 Å². The van der Waals surface area contributed by atoms with Gasteiger partial charge >= 0.3 is 0 Å². The summed E-state index contributed by atoms with van der Waals surface area (Å²) in [6, 6.07) is 18.8. The van der Waals surface area contributed by atoms with Crippen molar-refractivity contribution in [2.45, 2.75) is 26.1 Å². The number of hydrogen-bond acceptors (Lipinski definition) is 4. The minimum atomic E-state index is -0.289. The Balaban J connectivity index is 1.45. The summed E-state index contributed by atoms with van der Waals surface area (Å²) in [7, 11) is 1.62. The van der Waals surface area contributed by atoms with E-state index in [9.17, 15) is 9.59 Å². The average molecular weight is 404 g/mol. The van der Waals surface area contributed by atoms with Crippen molar-refractivity contribution >= 4 is 11.8 Å². The summed E-state index contributed by atoms with van der Waals surface area (Å²) in [5, 5.41) is 7.30. The molecule has 0 saturated carbocycles. The van der Waals surface area contributed by atoms with E-state index in [1.165, 1.54) is 0 Å². The molecule has 4 rings (SSSR count). The molecular weight excluding hydrogens is 380 g/mol. The second-order valence-electron chi connectivity index (χ2n) is 7.32. The lowest BCUT2D eigenvalue weighted by Gasteiger charge is -2.27. The minimum Gasteiger partial charge on any atom is -0.497 e. The van der Waals surface area contributed by atoms with Crippen LogP contribution in [0.5, 0.6) is 5.75 Å². The standard InChI is InChI=1S/C23H24N4O3/c1-16(18-6-4-3-5-7-18)24-22(28)20-14-21-23(29)26(12-13-27(21)25-20)15-17-8-10-19(30-2)11-9-17/h3-11,14,16H,12-13,15H2,1-2H3,(H,24,28)/t16-/m0/s1. The Kier molecular flexibility index (Phi) is 5.52. The lowest BCUT2D eigenvalue weighted by Crippen LogP contribution is -2.39. The zero-order valence-electron chi connectivity index (χ0n) is 17.0. The van der Waals surface area contributed by atoms with E-state index in [0.29, 0.717) is 25.3 Å². The molecule has 2 heterocycles. The molecule has 0 aliphatic carbocycles. The molecule has 1 atom stereocenters. The van der Waals surface area contributed by atoms with Crippen LogP contribution in [-0.4, -0.2) is 40.1 Å². The first kappa shape index (κ1) is 19.7. The van der Waals surface area contributed by atoms with Crippen LogP contribution in [0.4, 0.5) is 0 Å². The van der Waals surface area contributed by atoms with E-state index in [2.05, 4.69) is 10.4 Å². The third kappa shape index (κ3) is 4.05. The number of carbonyl (C=O) groups is 2. The van der Waals surface area contributed by atoms with Crippen LogP contribution in [0.2, 0.25) is 0 Å². The fourth-order valence-corrected chi connectivity index (χ4v) is 3.55. The van der Waals surface area contributed by atoms with Gasteiger partial charge in [0.25, 0.3) is 11.8 Å². The molecule has 0 saturated heterocycles. The van der Waals surface area contributed by atoms with E-state index >= 15 is 0 Å². The average Bonchev–Trinajstić information content (AvgIpc) is 3.22. The number of carbonyl (C=O) groups excluding carboxylic acids is 2. The van der Waals surface area contributed by atoms with E-state index in [1.54, 1.807) is 22.8 Å². The number of hydrogen-bond donors (Lipinski definition) is 1. The first-order valence-corrected chi connectivity index (χ1v) is 9.91. The highest BCUT2D eigenvalue weighted by atomic mass is 16.5. The number of aromatic nitrogens is 2. The monoisotopic (exact) mass is 404 g/mol. The van der Waals surface area contributed by atoms with Gasteiger partial charge in [-0.15, -0.1) is 0 Å². The Labute approximate surface area is 175 Å². The normalized spacial score (nSPS) is 14.2. The van der Waals surface area contributed by atoms with Crippen molar-refractivity contribution < 1.29 is 14.3 Å². The number of fused-ring (bicyclic) bond motifs is 1. The number of nitrogens with one attached hydrogen (secondary N) is 1. The maximum absolute atomic E-state index is 12.9. The maximum atomic E-state index is 12.9. The van der Waals surface area contributed by atoms with Gasteiger partial charge in [-0.25, -0.2) is 0 Å². The first-order valence-electron chi connectivity index (χ1n) is 9.91. The smallest absolute Gasteiger partial charge is 0.272 e. The van der Waals surface area contributed by atoms with Crippen molar-refractivity contribution in [1.29, 1.82) is 0 Å². The molecule has 1 aromatic heterocycles. The molecule has 7 nitrogen and oxygen atoms in total. The van der Waals surface area contributed by atoms with Crippen LogP contribution >= 0.6 is 0 Å². The van der Waals surface area contributed by atoms with Crippen molar-refractivity contribution in [2.75, 3.05) is 13.7 Å². The molecule has 2 amide bonds. The predicted octanol–water partition coefficient (Wildman–Crippen LogP) is 3.04. The molecule has 30 heavy (non-hydrogen) atoms. The molecule has 2 aromatic carbocycles. The molecule has 1 N–H and O–H groups in total. The van der Waals surface area contributed by atoms with E-state index in [4.69, 9.17) is 4.74 Å². The first-order chi connectivity index (χ1) is 14.5. The fraction of sp³-hybridized carbons (Fsp3) is 0.261. The van der Waals surface area contributed by atoms with Gasteiger partial charge in [-0.2, -0.15) is 5.10 Å². The summed E-state index contributed by atoms with van der Waals surface area (Å²) in [6.07, 6.45) is 0. The Morgan fingerprint density at radius 2 is 1.87 bits per heavy atom. The number of ether oxygens (including phenoxy) is 1. The van der Waals surface area contributed by atoms with Gasteiger partial charge in [0.15, 0.2) is 5.69 Å². The Morgan fingerprint density at radius 3 is 2.57 bits per heavy atom. The van der Waals surface area contributed by atoms with E-state index in [0.717, 1.165) is 16.9 Å². The van der Waals surface area contributed by atoms with E-state index in [-0.39, 0.29) is 23.6 Å². The van der Waals surface area contributed by atoms with Gasteiger partial charge in [-0.3, -0.25) is 14.3 Å². The molecule has 0 fully saturated rings. The Hall–Kier alpha value is -3.61. The fourth-order valence-electron chi connectivity index (χ4n) is 3.55. The van der Waals surface area contributed by atoms with Crippen LogP contribution < -0.4 is 10.1 Å². The van der Waals surface area contributed by atoms with Gasteiger partial charge in [-0.05, 0) is 30.2 Å². The summed E-state index contributed by atoms with van der Waals surface area (Å²) in [4.78, 5) is 27.4. The second kappa shape index (κ2) is 8.41. The molecule has 0 bridgehead atoms. The Bertz CT molecular complexity index is 1040. The largest absolute Gasteiger partial charge is 0.497 e. The summed E-state index contributed by atoms with van der Waals surface area (Å²) in [5.74, 6) is 0.365. The zero-order valence-corrected chi connectivity index (χ0v) is 17.0. The van der Waals surface area contributed by atoms with Crippen molar-refractivity contribution in [3.05, 3.63) is 83.2 Å². The quantitative estimate of drug-likeness (QED) is 0.685. The van der Waals surface area contributed by atoms with Gasteiger partial charge in [-0.1, -0.05) is 42.5 Å². The predicted molar refractivity (Wildman–Crippen MR) is 112 cm³/mol. The Morgan fingerprint density at radius 1 is 1.13 bits per heavy atom. The molecule has 7 heteroatoms. The topological polar surface area (TPSA) is 76.5 Å². The van der Waals surface area contributed by atoms with Crippen LogP contribution in [-0.2, 0) is 13.1 Å². The van der Waals surface area contributed by atoms with Crippen molar-refractivity contribution in [1.82, 2.24) is 20.0 Å².